The zero-order valence-corrected chi connectivity index (χ0v) is 29.9. The van der Waals surface area contributed by atoms with Crippen LogP contribution in [0.3, 0.4) is 0 Å². The fraction of sp³-hybridized carbons (Fsp3) is 0.349. The van der Waals surface area contributed by atoms with Gasteiger partial charge in [-0.05, 0) is 98.1 Å². The van der Waals surface area contributed by atoms with Gasteiger partial charge >= 0.3 is 0 Å². The van der Waals surface area contributed by atoms with Gasteiger partial charge in [0.15, 0.2) is 8.07 Å². The van der Waals surface area contributed by atoms with E-state index in [1.54, 1.807) is 0 Å². The van der Waals surface area contributed by atoms with Gasteiger partial charge in [0, 0.05) is 0 Å². The summed E-state index contributed by atoms with van der Waals surface area (Å²) in [5.41, 5.74) is 11.2. The summed E-state index contributed by atoms with van der Waals surface area (Å²) >= 11 is 0. The molecule has 0 radical (unpaired) electrons. The predicted molar refractivity (Wildman–Crippen MR) is 197 cm³/mol. The van der Waals surface area contributed by atoms with Crippen molar-refractivity contribution in [2.75, 3.05) is 0 Å². The summed E-state index contributed by atoms with van der Waals surface area (Å²) in [6.07, 6.45) is 8.11. The molecular formula is C43H52Si. The molecule has 4 aromatic carbocycles. The summed E-state index contributed by atoms with van der Waals surface area (Å²) in [7, 11) is -2.82. The van der Waals surface area contributed by atoms with Crippen molar-refractivity contribution in [2.45, 2.75) is 99.3 Å². The molecule has 5 rings (SSSR count). The monoisotopic (exact) mass is 596 g/mol. The highest BCUT2D eigenvalue weighted by Crippen LogP contribution is 2.38. The van der Waals surface area contributed by atoms with E-state index >= 15 is 0 Å². The van der Waals surface area contributed by atoms with Crippen LogP contribution < -0.4 is 15.6 Å². The van der Waals surface area contributed by atoms with Crippen molar-refractivity contribution in [3.05, 3.63) is 141 Å². The van der Waals surface area contributed by atoms with Crippen molar-refractivity contribution < 1.29 is 0 Å². The van der Waals surface area contributed by atoms with Crippen LogP contribution >= 0.6 is 0 Å². The van der Waals surface area contributed by atoms with Crippen LogP contribution in [0, 0.1) is 13.8 Å². The third-order valence-electron chi connectivity index (χ3n) is 9.48. The quantitative estimate of drug-likeness (QED) is 0.147. The summed E-state index contributed by atoms with van der Waals surface area (Å²) in [6.45, 7) is 23.4. The van der Waals surface area contributed by atoms with E-state index in [4.69, 9.17) is 0 Å². The largest absolute Gasteiger partial charge is 0.179 e. The highest BCUT2D eigenvalue weighted by Gasteiger charge is 2.46. The van der Waals surface area contributed by atoms with Crippen LogP contribution in [0.4, 0.5) is 0 Å². The molecule has 1 aliphatic rings. The molecule has 0 heterocycles. The minimum atomic E-state index is -2.82. The lowest BCUT2D eigenvalue weighted by molar-refractivity contribution is 0.569. The minimum absolute atomic E-state index is 0.0284. The Balaban J connectivity index is 2.03. The van der Waals surface area contributed by atoms with E-state index < -0.39 is 8.07 Å². The molecule has 1 heteroatoms. The first-order valence-electron chi connectivity index (χ1n) is 16.6. The normalized spacial score (nSPS) is 15.1. The first kappa shape index (κ1) is 32.0. The van der Waals surface area contributed by atoms with Crippen LogP contribution in [0.25, 0.3) is 5.57 Å². The Labute approximate surface area is 269 Å². The van der Waals surface area contributed by atoms with Gasteiger partial charge in [-0.1, -0.05) is 164 Å². The minimum Gasteiger partial charge on any atom is -0.0798 e. The average Bonchev–Trinajstić information content (AvgIpc) is 3.46. The maximum Gasteiger partial charge on any atom is 0.179 e. The molecule has 0 spiro atoms. The van der Waals surface area contributed by atoms with E-state index in [0.29, 0.717) is 0 Å². The molecule has 1 atom stereocenters. The molecule has 0 N–H and O–H groups in total. The van der Waals surface area contributed by atoms with Gasteiger partial charge in [-0.3, -0.25) is 0 Å². The first-order valence-corrected chi connectivity index (χ1v) is 18.6. The molecule has 0 fully saturated rings. The Kier molecular flexibility index (Phi) is 8.84. The predicted octanol–water partition coefficient (Wildman–Crippen LogP) is 9.45. The van der Waals surface area contributed by atoms with Gasteiger partial charge in [-0.15, -0.1) is 0 Å². The molecule has 0 bridgehead atoms. The molecule has 44 heavy (non-hydrogen) atoms. The van der Waals surface area contributed by atoms with Crippen molar-refractivity contribution in [2.24, 2.45) is 0 Å². The summed E-state index contributed by atoms with van der Waals surface area (Å²) in [4.78, 5) is 0. The average molecular weight is 597 g/mol. The van der Waals surface area contributed by atoms with E-state index in [0.717, 1.165) is 19.3 Å². The van der Waals surface area contributed by atoms with Crippen LogP contribution in [-0.2, 0) is 23.7 Å². The Morgan fingerprint density at radius 3 is 1.57 bits per heavy atom. The maximum absolute atomic E-state index is 2.82. The van der Waals surface area contributed by atoms with Gasteiger partial charge in [0.05, 0.1) is 0 Å². The smallest absolute Gasteiger partial charge is 0.0798 e. The van der Waals surface area contributed by atoms with Gasteiger partial charge in [-0.25, -0.2) is 0 Å². The SMILES string of the molecule is CCc1cc(CC)cc([Si](C2=CCC=C2c2ccccc2)(c2cc(C)cc(C)c2)c2cc(C(C)(C)C)cc(C(C)(C)C)c2)c1. The molecule has 1 aliphatic carbocycles. The van der Waals surface area contributed by atoms with Gasteiger partial charge in [0.1, 0.15) is 0 Å². The molecule has 4 aromatic rings. The van der Waals surface area contributed by atoms with Crippen molar-refractivity contribution in [1.29, 1.82) is 0 Å². The van der Waals surface area contributed by atoms with Crippen molar-refractivity contribution in [3.63, 3.8) is 0 Å². The lowest BCUT2D eigenvalue weighted by atomic mass is 9.81. The molecule has 228 valence electrons. The molecule has 1 unspecified atom stereocenters. The number of benzene rings is 4. The van der Waals surface area contributed by atoms with Gasteiger partial charge in [0.25, 0.3) is 0 Å². The second-order valence-corrected chi connectivity index (χ2v) is 18.8. The Morgan fingerprint density at radius 2 is 1.07 bits per heavy atom. The van der Waals surface area contributed by atoms with Crippen LogP contribution in [0.1, 0.15) is 101 Å². The lowest BCUT2D eigenvalue weighted by Crippen LogP contribution is -2.69. The number of rotatable bonds is 7. The zero-order valence-electron chi connectivity index (χ0n) is 28.9. The summed E-state index contributed by atoms with van der Waals surface area (Å²) in [6, 6.07) is 33.8. The number of aryl methyl sites for hydroxylation is 4. The van der Waals surface area contributed by atoms with Gasteiger partial charge in [0.2, 0.25) is 0 Å². The molecule has 0 saturated heterocycles. The van der Waals surface area contributed by atoms with E-state index in [1.165, 1.54) is 65.3 Å². The highest BCUT2D eigenvalue weighted by molar-refractivity contribution is 7.17. The second kappa shape index (κ2) is 12.2. The summed E-state index contributed by atoms with van der Waals surface area (Å²) in [5, 5.41) is 6.05. The molecule has 0 nitrogen and oxygen atoms in total. The molecule has 0 amide bonds. The topological polar surface area (TPSA) is 0 Å². The van der Waals surface area contributed by atoms with E-state index in [2.05, 4.69) is 166 Å². The number of allylic oxidation sites excluding steroid dienone is 4. The lowest BCUT2D eigenvalue weighted by Gasteiger charge is -2.39. The zero-order chi connectivity index (χ0) is 31.9. The van der Waals surface area contributed by atoms with Crippen molar-refractivity contribution >= 4 is 29.2 Å². The fourth-order valence-electron chi connectivity index (χ4n) is 7.02. The molecule has 0 aromatic heterocycles. The first-order chi connectivity index (χ1) is 20.8. The standard InChI is InChI=1S/C43H52Si/c1-11-32-24-33(12-2)26-38(25-32)44(37-22-30(3)21-31(4)23-37,41-20-16-19-40(41)34-17-14-13-15-18-34)39-28-35(42(5,6)7)27-36(29-39)43(8,9)10/h13-15,17-29H,11-12,16H2,1-10H3. The van der Waals surface area contributed by atoms with E-state index in [1.807, 2.05) is 0 Å². The van der Waals surface area contributed by atoms with E-state index in [9.17, 15) is 0 Å². The maximum atomic E-state index is 2.60. The third kappa shape index (κ3) is 6.09. The molecular weight excluding hydrogens is 545 g/mol. The van der Waals surface area contributed by atoms with Crippen LogP contribution in [0.2, 0.25) is 0 Å². The number of hydrogen-bond donors (Lipinski definition) is 0. The van der Waals surface area contributed by atoms with Gasteiger partial charge in [-0.2, -0.15) is 0 Å². The number of hydrogen-bond acceptors (Lipinski definition) is 0. The summed E-state index contributed by atoms with van der Waals surface area (Å²) < 4.78 is 0. The van der Waals surface area contributed by atoms with Crippen LogP contribution in [0.15, 0.2) is 102 Å². The third-order valence-corrected chi connectivity index (χ3v) is 14.2. The van der Waals surface area contributed by atoms with Crippen molar-refractivity contribution in [1.82, 2.24) is 0 Å². The highest BCUT2D eigenvalue weighted by atomic mass is 28.3. The fourth-order valence-corrected chi connectivity index (χ4v) is 12.5. The van der Waals surface area contributed by atoms with E-state index in [-0.39, 0.29) is 10.8 Å². The second-order valence-electron chi connectivity index (χ2n) is 15.0. The van der Waals surface area contributed by atoms with Crippen molar-refractivity contribution in [3.8, 4) is 0 Å². The summed E-state index contributed by atoms with van der Waals surface area (Å²) in [5.74, 6) is 0. The van der Waals surface area contributed by atoms with Gasteiger partial charge < -0.3 is 0 Å². The Hall–Kier alpha value is -3.42. The molecule has 0 aliphatic heterocycles. The molecule has 0 saturated carbocycles. The van der Waals surface area contributed by atoms with Crippen LogP contribution in [0.5, 0.6) is 0 Å². The Morgan fingerprint density at radius 1 is 0.568 bits per heavy atom. The van der Waals surface area contributed by atoms with Crippen LogP contribution in [-0.4, -0.2) is 8.07 Å². The Bertz CT molecular complexity index is 1640.